The van der Waals surface area contributed by atoms with Crippen LogP contribution >= 0.6 is 0 Å². The van der Waals surface area contributed by atoms with Crippen molar-refractivity contribution in [2.24, 2.45) is 0 Å². The van der Waals surface area contributed by atoms with Gasteiger partial charge in [0.05, 0.1) is 28.4 Å². The van der Waals surface area contributed by atoms with Crippen LogP contribution in [0.25, 0.3) is 0 Å². The van der Waals surface area contributed by atoms with Crippen molar-refractivity contribution in [3.8, 4) is 18.4 Å². The van der Waals surface area contributed by atoms with E-state index in [0.717, 1.165) is 53.6 Å². The predicted molar refractivity (Wildman–Crippen MR) is 198 cm³/mol. The molecule has 1 saturated heterocycles. The summed E-state index contributed by atoms with van der Waals surface area (Å²) in [6.45, 7) is 8.21. The molecular weight excluding hydrogens is 676 g/mol. The maximum absolute atomic E-state index is 15.0. The molecule has 1 amide bonds. The lowest BCUT2D eigenvalue weighted by Crippen LogP contribution is -2.51. The topological polar surface area (TPSA) is 107 Å². The van der Waals surface area contributed by atoms with Gasteiger partial charge in [-0.15, -0.1) is 6.42 Å². The van der Waals surface area contributed by atoms with E-state index in [9.17, 15) is 9.90 Å². The molecule has 2 N–H and O–H groups in total. The van der Waals surface area contributed by atoms with Crippen molar-refractivity contribution in [2.45, 2.75) is 101 Å². The molecule has 7 rings (SSSR count). The minimum Gasteiger partial charge on any atom is -0.461 e. The van der Waals surface area contributed by atoms with E-state index < -0.39 is 29.2 Å². The maximum atomic E-state index is 15.0. The van der Waals surface area contributed by atoms with Crippen LogP contribution in [0.2, 0.25) is 0 Å². The molecule has 4 heterocycles. The van der Waals surface area contributed by atoms with Crippen LogP contribution in [0.3, 0.4) is 0 Å². The predicted octanol–water partition coefficient (Wildman–Crippen LogP) is 5.15. The van der Waals surface area contributed by atoms with Crippen LogP contribution in [0, 0.1) is 18.2 Å². The third-order valence-electron chi connectivity index (χ3n) is 12.0. The minimum absolute atomic E-state index is 0.123. The van der Waals surface area contributed by atoms with Gasteiger partial charge in [-0.25, -0.2) is 8.78 Å². The number of ether oxygens (including phenoxy) is 1. The first-order valence-electron chi connectivity index (χ1n) is 18.7. The summed E-state index contributed by atoms with van der Waals surface area (Å²) in [6, 6.07) is 6.84. The van der Waals surface area contributed by atoms with Gasteiger partial charge in [-0.1, -0.05) is 37.5 Å². The second-order valence-electron chi connectivity index (χ2n) is 15.5. The Balaban J connectivity index is 1.20. The molecule has 1 saturated carbocycles. The number of likely N-dealkylation sites (N-methyl/N-ethyl adjacent to an activating group) is 1. The number of aromatic nitrogens is 3. The van der Waals surface area contributed by atoms with Gasteiger partial charge in [0.15, 0.2) is 0 Å². The van der Waals surface area contributed by atoms with Gasteiger partial charge in [0.25, 0.3) is 0 Å². The number of hydrogen-bond donors (Lipinski definition) is 2. The highest BCUT2D eigenvalue weighted by molar-refractivity contribution is 5.87. The van der Waals surface area contributed by atoms with Gasteiger partial charge in [0, 0.05) is 70.2 Å². The number of rotatable bonds is 11. The Labute approximate surface area is 310 Å². The number of amides is 1. The number of nitrogens with zero attached hydrogens (tertiary/aromatic N) is 6. The normalized spacial score (nSPS) is 25.2. The molecule has 10 nitrogen and oxygen atoms in total. The number of hydrogen-bond acceptors (Lipinski definition) is 9. The van der Waals surface area contributed by atoms with Crippen LogP contribution in [-0.2, 0) is 30.7 Å². The number of likely N-dealkylation sites (tertiary alicyclic amines) is 1. The van der Waals surface area contributed by atoms with E-state index in [1.807, 2.05) is 26.1 Å². The zero-order chi connectivity index (χ0) is 37.3. The van der Waals surface area contributed by atoms with Gasteiger partial charge in [-0.2, -0.15) is 9.97 Å². The zero-order valence-electron chi connectivity index (χ0n) is 30.7. The highest BCUT2D eigenvalue weighted by atomic mass is 19.1. The molecule has 1 aromatic carbocycles. The SMILES string of the molecule is C#Cc1c(F)ccc2c1[C@H](N1CCc3c(nc(OC[C@]4(C)C[C@@H](F)CN4Cc4cccnc4)nc3NCC3(N(C)C(=O)C=C)CCCC3)C1)C[C@H](O)C2. The molecule has 0 spiro atoms. The van der Waals surface area contributed by atoms with Gasteiger partial charge in [-0.05, 0) is 73.9 Å². The summed E-state index contributed by atoms with van der Waals surface area (Å²) in [5.41, 5.74) is 3.53. The number of pyridine rings is 1. The Morgan fingerprint density at radius 3 is 2.83 bits per heavy atom. The number of terminal acetylenes is 1. The molecule has 4 aliphatic rings. The van der Waals surface area contributed by atoms with E-state index in [1.54, 1.807) is 23.4 Å². The zero-order valence-corrected chi connectivity index (χ0v) is 30.7. The van der Waals surface area contributed by atoms with Crippen molar-refractivity contribution in [2.75, 3.05) is 38.6 Å². The van der Waals surface area contributed by atoms with Gasteiger partial charge in [0.2, 0.25) is 5.91 Å². The molecule has 4 atom stereocenters. The molecule has 53 heavy (non-hydrogen) atoms. The average Bonchev–Trinajstić information content (AvgIpc) is 3.76. The van der Waals surface area contributed by atoms with Gasteiger partial charge in [-0.3, -0.25) is 19.6 Å². The first-order chi connectivity index (χ1) is 25.5. The Bertz CT molecular complexity index is 1880. The van der Waals surface area contributed by atoms with Crippen LogP contribution in [0.1, 0.15) is 85.0 Å². The number of halogens is 2. The third-order valence-corrected chi connectivity index (χ3v) is 12.0. The number of carbonyl (C=O) groups excluding carboxylic acids is 1. The van der Waals surface area contributed by atoms with Crippen molar-refractivity contribution >= 4 is 11.7 Å². The molecule has 0 unspecified atom stereocenters. The van der Waals surface area contributed by atoms with Crippen molar-refractivity contribution < 1.29 is 23.4 Å². The summed E-state index contributed by atoms with van der Waals surface area (Å²) in [5.74, 6) is 2.65. The molecule has 12 heteroatoms. The molecule has 2 aliphatic carbocycles. The van der Waals surface area contributed by atoms with E-state index >= 15 is 8.78 Å². The number of alkyl halides is 1. The number of nitrogens with one attached hydrogen (secondary N) is 1. The fourth-order valence-corrected chi connectivity index (χ4v) is 9.04. The van der Waals surface area contributed by atoms with Crippen LogP contribution in [-0.4, -0.2) is 97.3 Å². The Kier molecular flexibility index (Phi) is 10.5. The lowest BCUT2D eigenvalue weighted by molar-refractivity contribution is -0.129. The Morgan fingerprint density at radius 1 is 1.28 bits per heavy atom. The lowest BCUT2D eigenvalue weighted by Gasteiger charge is -2.41. The molecule has 280 valence electrons. The Morgan fingerprint density at radius 2 is 2.09 bits per heavy atom. The quantitative estimate of drug-likeness (QED) is 0.205. The summed E-state index contributed by atoms with van der Waals surface area (Å²) >= 11 is 0. The van der Waals surface area contributed by atoms with Crippen molar-refractivity contribution in [1.82, 2.24) is 29.7 Å². The molecule has 2 aromatic heterocycles. The Hall–Kier alpha value is -4.44. The summed E-state index contributed by atoms with van der Waals surface area (Å²) < 4.78 is 36.4. The summed E-state index contributed by atoms with van der Waals surface area (Å²) in [7, 11) is 1.83. The van der Waals surface area contributed by atoms with Gasteiger partial charge < -0.3 is 20.1 Å². The summed E-state index contributed by atoms with van der Waals surface area (Å²) in [5, 5.41) is 14.5. The fourth-order valence-electron chi connectivity index (χ4n) is 9.04. The number of aliphatic hydroxyl groups excluding tert-OH is 1. The highest BCUT2D eigenvalue weighted by Crippen LogP contribution is 2.41. The van der Waals surface area contributed by atoms with Crippen molar-refractivity contribution in [3.63, 3.8) is 0 Å². The van der Waals surface area contributed by atoms with Crippen molar-refractivity contribution in [1.29, 1.82) is 0 Å². The average molecular weight is 726 g/mol. The number of fused-ring (bicyclic) bond motifs is 2. The number of carbonyl (C=O) groups is 1. The molecule has 0 radical (unpaired) electrons. The third kappa shape index (κ3) is 7.39. The number of anilines is 1. The lowest BCUT2D eigenvalue weighted by atomic mass is 9.81. The van der Waals surface area contributed by atoms with Crippen LogP contribution in [0.15, 0.2) is 49.3 Å². The van der Waals surface area contributed by atoms with Gasteiger partial charge in [0.1, 0.15) is 24.4 Å². The molecule has 2 aliphatic heterocycles. The van der Waals surface area contributed by atoms with Crippen LogP contribution < -0.4 is 10.1 Å². The van der Waals surface area contributed by atoms with Gasteiger partial charge >= 0.3 is 6.01 Å². The molecule has 2 fully saturated rings. The number of benzene rings is 1. The number of aliphatic hydroxyl groups is 1. The highest BCUT2D eigenvalue weighted by Gasteiger charge is 2.44. The first-order valence-corrected chi connectivity index (χ1v) is 18.7. The van der Waals surface area contributed by atoms with Crippen LogP contribution in [0.4, 0.5) is 14.6 Å². The summed E-state index contributed by atoms with van der Waals surface area (Å²) in [6.07, 6.45) is 14.6. The first kappa shape index (κ1) is 36.9. The van der Waals surface area contributed by atoms with E-state index in [2.05, 4.69) is 32.6 Å². The van der Waals surface area contributed by atoms with E-state index in [0.29, 0.717) is 57.7 Å². The smallest absolute Gasteiger partial charge is 0.318 e. The summed E-state index contributed by atoms with van der Waals surface area (Å²) in [4.78, 5) is 33.0. The second-order valence-corrected chi connectivity index (χ2v) is 15.5. The minimum atomic E-state index is -1.00. The monoisotopic (exact) mass is 725 g/mol. The second kappa shape index (κ2) is 15.1. The van der Waals surface area contributed by atoms with E-state index in [-0.39, 0.29) is 36.7 Å². The molecule has 3 aromatic rings. The van der Waals surface area contributed by atoms with Crippen molar-refractivity contribution in [3.05, 3.63) is 88.6 Å². The fraction of sp³-hybridized carbons (Fsp3) is 0.512. The molecule has 0 bridgehead atoms. The largest absolute Gasteiger partial charge is 0.461 e. The van der Waals surface area contributed by atoms with E-state index in [1.165, 1.54) is 12.1 Å². The standard InChI is InChI=1S/C41H49F2N7O3/c1-5-31-33(43)12-11-28-18-30(51)19-35(37(28)31)49-17-13-32-34(24-49)46-39(47-38(32)45-25-41(14-7-8-15-41)48(4)36(52)6-2)53-26-40(3)20-29(42)23-50(40)22-27-10-9-16-44-21-27/h1,6,9-12,16,21,29-30,35,51H,2,7-8,13-15,17-20,22-26H2,3-4H3,(H,45,46,47)/t29-,30-,35-,40+/m1/s1. The maximum Gasteiger partial charge on any atom is 0.318 e. The molecular formula is C41H49F2N7O3. The van der Waals surface area contributed by atoms with E-state index in [4.69, 9.17) is 21.1 Å². The van der Waals surface area contributed by atoms with Crippen LogP contribution in [0.5, 0.6) is 6.01 Å².